The molecule has 1 fully saturated rings. The van der Waals surface area contributed by atoms with Crippen LogP contribution < -0.4 is 5.73 Å². The van der Waals surface area contributed by atoms with E-state index in [1.54, 1.807) is 0 Å². The van der Waals surface area contributed by atoms with Gasteiger partial charge >= 0.3 is 0 Å². The van der Waals surface area contributed by atoms with Crippen molar-refractivity contribution in [1.82, 2.24) is 0 Å². The van der Waals surface area contributed by atoms with E-state index in [2.05, 4.69) is 0 Å². The number of nitrogens with two attached hydrogens (primary N) is 1. The Bertz CT molecular complexity index is 392. The normalized spacial score (nSPS) is 24.8. The van der Waals surface area contributed by atoms with Gasteiger partial charge in [0.25, 0.3) is 0 Å². The highest BCUT2D eigenvalue weighted by Gasteiger charge is 2.34. The highest BCUT2D eigenvalue weighted by molar-refractivity contribution is 5.32. The summed E-state index contributed by atoms with van der Waals surface area (Å²) in [5.41, 5.74) is 7.80. The molecule has 3 N–H and O–H groups in total. The van der Waals surface area contributed by atoms with Crippen LogP contribution in [0.3, 0.4) is 0 Å². The lowest BCUT2D eigenvalue weighted by Crippen LogP contribution is -2.21. The highest BCUT2D eigenvalue weighted by Crippen LogP contribution is 2.35. The van der Waals surface area contributed by atoms with Gasteiger partial charge in [-0.3, -0.25) is 0 Å². The predicted molar refractivity (Wildman–Crippen MR) is 64.3 cm³/mol. The summed E-state index contributed by atoms with van der Waals surface area (Å²) in [6.07, 6.45) is -0.112. The van der Waals surface area contributed by atoms with Gasteiger partial charge in [-0.2, -0.15) is 0 Å². The molecule has 1 aliphatic heterocycles. The average molecular weight is 237 g/mol. The summed E-state index contributed by atoms with van der Waals surface area (Å²) < 4.78 is 11.4. The summed E-state index contributed by atoms with van der Waals surface area (Å²) in [5, 5.41) is 9.16. The fourth-order valence-electron chi connectivity index (χ4n) is 2.08. The highest BCUT2D eigenvalue weighted by atomic mass is 16.7. The van der Waals surface area contributed by atoms with Gasteiger partial charge in [0.1, 0.15) is 6.10 Å². The van der Waals surface area contributed by atoms with Crippen LogP contribution in [0.1, 0.15) is 37.1 Å². The van der Waals surface area contributed by atoms with Crippen LogP contribution in [0.2, 0.25) is 0 Å². The Hall–Kier alpha value is -0.940. The molecule has 0 saturated carbocycles. The van der Waals surface area contributed by atoms with Crippen LogP contribution in [-0.4, -0.2) is 24.1 Å². The molecule has 1 aliphatic rings. The second-order valence-corrected chi connectivity index (χ2v) is 4.74. The smallest absolute Gasteiger partial charge is 0.163 e. The van der Waals surface area contributed by atoms with Gasteiger partial charge in [-0.1, -0.05) is 24.3 Å². The molecule has 4 heteroatoms. The fourth-order valence-corrected chi connectivity index (χ4v) is 2.08. The Morgan fingerprint density at radius 3 is 2.76 bits per heavy atom. The van der Waals surface area contributed by atoms with Gasteiger partial charge in [-0.15, -0.1) is 0 Å². The minimum Gasteiger partial charge on any atom is -0.394 e. The second kappa shape index (κ2) is 4.74. The minimum absolute atomic E-state index is 0.0754. The lowest BCUT2D eigenvalue weighted by atomic mass is 9.97. The van der Waals surface area contributed by atoms with E-state index in [1.807, 2.05) is 38.1 Å². The zero-order valence-corrected chi connectivity index (χ0v) is 10.2. The maximum atomic E-state index is 9.16. The van der Waals surface area contributed by atoms with Crippen LogP contribution in [0.15, 0.2) is 24.3 Å². The molecule has 0 bridgehead atoms. The molecule has 1 saturated heterocycles. The molecular weight excluding hydrogens is 218 g/mol. The van der Waals surface area contributed by atoms with Crippen LogP contribution >= 0.6 is 0 Å². The number of rotatable bonds is 3. The van der Waals surface area contributed by atoms with Gasteiger partial charge in [0.15, 0.2) is 5.79 Å². The SMILES string of the molecule is CC1(C)OCC(c2ccccc2C(N)CO)O1. The number of benzene rings is 1. The Morgan fingerprint density at radius 1 is 1.47 bits per heavy atom. The third kappa shape index (κ3) is 2.66. The van der Waals surface area contributed by atoms with Crippen LogP contribution in [0.4, 0.5) is 0 Å². The molecule has 2 unspecified atom stereocenters. The minimum atomic E-state index is -0.554. The van der Waals surface area contributed by atoms with Gasteiger partial charge in [0.05, 0.1) is 19.3 Å². The maximum absolute atomic E-state index is 9.16. The van der Waals surface area contributed by atoms with E-state index in [1.165, 1.54) is 0 Å². The van der Waals surface area contributed by atoms with Crippen molar-refractivity contribution in [3.05, 3.63) is 35.4 Å². The van der Waals surface area contributed by atoms with E-state index in [4.69, 9.17) is 20.3 Å². The molecule has 0 spiro atoms. The Balaban J connectivity index is 2.27. The third-order valence-electron chi connectivity index (χ3n) is 2.95. The number of ether oxygens (including phenoxy) is 2. The first kappa shape index (κ1) is 12.5. The first-order valence-electron chi connectivity index (χ1n) is 5.80. The fraction of sp³-hybridized carbons (Fsp3) is 0.538. The van der Waals surface area contributed by atoms with Gasteiger partial charge in [-0.25, -0.2) is 0 Å². The molecule has 2 rings (SSSR count). The summed E-state index contributed by atoms with van der Waals surface area (Å²) in [6.45, 7) is 4.22. The van der Waals surface area contributed by atoms with E-state index >= 15 is 0 Å². The molecule has 0 aliphatic carbocycles. The first-order valence-corrected chi connectivity index (χ1v) is 5.80. The summed E-state index contributed by atoms with van der Waals surface area (Å²) in [5.74, 6) is -0.554. The Kier molecular flexibility index (Phi) is 3.49. The van der Waals surface area contributed by atoms with Gasteiger partial charge in [-0.05, 0) is 25.0 Å². The molecule has 0 amide bonds. The van der Waals surface area contributed by atoms with E-state index in [-0.39, 0.29) is 18.8 Å². The molecule has 0 radical (unpaired) electrons. The Labute approximate surface area is 101 Å². The average Bonchev–Trinajstić information content (AvgIpc) is 2.68. The van der Waals surface area contributed by atoms with Crippen LogP contribution in [0, 0.1) is 0 Å². The van der Waals surface area contributed by atoms with Gasteiger partial charge < -0.3 is 20.3 Å². The maximum Gasteiger partial charge on any atom is 0.163 e. The molecule has 0 aromatic heterocycles. The van der Waals surface area contributed by atoms with Crippen LogP contribution in [0.5, 0.6) is 0 Å². The first-order chi connectivity index (χ1) is 8.03. The summed E-state index contributed by atoms with van der Waals surface area (Å²) in [4.78, 5) is 0. The van der Waals surface area contributed by atoms with Crippen molar-refractivity contribution in [1.29, 1.82) is 0 Å². The summed E-state index contributed by atoms with van der Waals surface area (Å²) in [7, 11) is 0. The standard InChI is InChI=1S/C13H19NO3/c1-13(2)16-8-12(17-13)10-6-4-3-5-9(10)11(14)7-15/h3-6,11-12,15H,7-8,14H2,1-2H3. The predicted octanol–water partition coefficient (Wildman–Crippen LogP) is 1.50. The topological polar surface area (TPSA) is 64.7 Å². The molecular formula is C13H19NO3. The van der Waals surface area contributed by atoms with Crippen molar-refractivity contribution in [2.24, 2.45) is 5.73 Å². The van der Waals surface area contributed by atoms with Crippen molar-refractivity contribution >= 4 is 0 Å². The third-order valence-corrected chi connectivity index (χ3v) is 2.95. The molecule has 4 nitrogen and oxygen atoms in total. The van der Waals surface area contributed by atoms with Gasteiger partial charge in [0.2, 0.25) is 0 Å². The summed E-state index contributed by atoms with van der Waals surface area (Å²) >= 11 is 0. The van der Waals surface area contributed by atoms with Gasteiger partial charge in [0, 0.05) is 0 Å². The number of aliphatic hydroxyl groups excluding tert-OH is 1. The van der Waals surface area contributed by atoms with Crippen LogP contribution in [-0.2, 0) is 9.47 Å². The van der Waals surface area contributed by atoms with E-state index in [0.29, 0.717) is 6.61 Å². The largest absolute Gasteiger partial charge is 0.394 e. The van der Waals surface area contributed by atoms with Crippen molar-refractivity contribution in [3.8, 4) is 0 Å². The zero-order valence-electron chi connectivity index (χ0n) is 10.2. The quantitative estimate of drug-likeness (QED) is 0.836. The molecule has 94 valence electrons. The van der Waals surface area contributed by atoms with Crippen molar-refractivity contribution in [2.75, 3.05) is 13.2 Å². The van der Waals surface area contributed by atoms with E-state index in [9.17, 15) is 0 Å². The Morgan fingerprint density at radius 2 is 2.18 bits per heavy atom. The zero-order chi connectivity index (χ0) is 12.5. The molecule has 2 atom stereocenters. The number of hydrogen-bond acceptors (Lipinski definition) is 4. The molecule has 17 heavy (non-hydrogen) atoms. The van der Waals surface area contributed by atoms with Crippen LogP contribution in [0.25, 0.3) is 0 Å². The number of hydrogen-bond donors (Lipinski definition) is 2. The van der Waals surface area contributed by atoms with E-state index in [0.717, 1.165) is 11.1 Å². The van der Waals surface area contributed by atoms with Crippen molar-refractivity contribution in [3.63, 3.8) is 0 Å². The lowest BCUT2D eigenvalue weighted by molar-refractivity contribution is -0.139. The van der Waals surface area contributed by atoms with Crippen molar-refractivity contribution < 1.29 is 14.6 Å². The number of aliphatic hydroxyl groups is 1. The monoisotopic (exact) mass is 237 g/mol. The molecule has 1 heterocycles. The molecule has 1 aromatic carbocycles. The van der Waals surface area contributed by atoms with E-state index < -0.39 is 5.79 Å². The molecule has 1 aromatic rings. The van der Waals surface area contributed by atoms with Crippen molar-refractivity contribution in [2.45, 2.75) is 31.8 Å². The summed E-state index contributed by atoms with van der Waals surface area (Å²) in [6, 6.07) is 7.37. The second-order valence-electron chi connectivity index (χ2n) is 4.74. The lowest BCUT2D eigenvalue weighted by Gasteiger charge is -2.20.